The lowest BCUT2D eigenvalue weighted by atomic mass is 9.82. The molecule has 0 radical (unpaired) electrons. The molecule has 0 unspecified atom stereocenters. The van der Waals surface area contributed by atoms with Crippen LogP contribution in [0.5, 0.6) is 0 Å². The molecular formula is C37H51N9O7. The van der Waals surface area contributed by atoms with E-state index in [4.69, 9.17) is 10.5 Å². The summed E-state index contributed by atoms with van der Waals surface area (Å²) in [6.45, 7) is 8.71. The number of hydrogen-bond acceptors (Lipinski definition) is 13. The van der Waals surface area contributed by atoms with E-state index in [-0.39, 0.29) is 35.7 Å². The lowest BCUT2D eigenvalue weighted by Gasteiger charge is -2.48. The first-order chi connectivity index (χ1) is 25.2. The van der Waals surface area contributed by atoms with Crippen molar-refractivity contribution in [3.05, 3.63) is 72.3 Å². The highest BCUT2D eigenvalue weighted by Crippen LogP contribution is 2.36. The van der Waals surface area contributed by atoms with Crippen LogP contribution in [0.3, 0.4) is 0 Å². The zero-order chi connectivity index (χ0) is 38.3. The molecule has 0 saturated carbocycles. The molecule has 16 nitrogen and oxygen atoms in total. The minimum absolute atomic E-state index is 0.0399. The molecule has 2 fully saturated rings. The Kier molecular flexibility index (Phi) is 12.8. The van der Waals surface area contributed by atoms with Crippen molar-refractivity contribution in [2.24, 2.45) is 5.73 Å². The van der Waals surface area contributed by atoms with Crippen LogP contribution in [0.2, 0.25) is 0 Å². The van der Waals surface area contributed by atoms with Gasteiger partial charge < -0.3 is 46.9 Å². The molecule has 2 aliphatic rings. The smallest absolute Gasteiger partial charge is 0.228 e. The minimum atomic E-state index is -1.27. The average molecular weight is 734 g/mol. The summed E-state index contributed by atoms with van der Waals surface area (Å²) in [5, 5.41) is 50.0. The summed E-state index contributed by atoms with van der Waals surface area (Å²) >= 11 is 0. The van der Waals surface area contributed by atoms with Gasteiger partial charge in [-0.05, 0) is 82.3 Å². The number of hydrogen-bond donors (Lipinski definition) is 8. The van der Waals surface area contributed by atoms with Crippen molar-refractivity contribution in [2.45, 2.75) is 95.4 Å². The molecule has 2 amide bonds. The minimum Gasteiger partial charge on any atom is -0.394 e. The lowest BCUT2D eigenvalue weighted by molar-refractivity contribution is -0.241. The first-order valence-electron chi connectivity index (χ1n) is 17.7. The van der Waals surface area contributed by atoms with Gasteiger partial charge >= 0.3 is 0 Å². The van der Waals surface area contributed by atoms with Gasteiger partial charge in [0.2, 0.25) is 11.8 Å². The van der Waals surface area contributed by atoms with Gasteiger partial charge in [0.15, 0.2) is 23.2 Å². The fraction of sp³-hybridized carbons (Fsp3) is 0.486. The molecular weight excluding hydrogens is 682 g/mol. The number of carbonyl (C=O) groups is 2. The summed E-state index contributed by atoms with van der Waals surface area (Å²) in [5.41, 5.74) is 8.99. The number of benzene rings is 2. The monoisotopic (exact) mass is 733 g/mol. The van der Waals surface area contributed by atoms with Gasteiger partial charge in [0.25, 0.3) is 0 Å². The van der Waals surface area contributed by atoms with Gasteiger partial charge in [-0.15, -0.1) is 0 Å². The number of nitrogens with two attached hydrogens (primary N) is 1. The Morgan fingerprint density at radius 3 is 2.26 bits per heavy atom. The molecule has 4 heterocycles. The van der Waals surface area contributed by atoms with Crippen molar-refractivity contribution in [2.75, 3.05) is 30.3 Å². The number of amides is 2. The van der Waals surface area contributed by atoms with Crippen molar-refractivity contribution in [1.82, 2.24) is 29.9 Å². The number of aromatic nitrogens is 4. The number of carbonyl (C=O) groups excluding carboxylic acids is 2. The second kappa shape index (κ2) is 17.1. The molecule has 0 aliphatic carbocycles. The van der Waals surface area contributed by atoms with Gasteiger partial charge in [0, 0.05) is 35.5 Å². The standard InChI is InChI=1S/C28H32N8O6.C9H19NO/c29-8-9-30-21(38)12-17-2-1-3-19(10-17)34-22(39)11-16-4-6-18(7-5-16)35-26-23-27(32-14-31-26)36(15-33-23)28-25(41)24(40)20(13-37)42-28;1-8(2)6-5-7-9(3,4)10(8)11/h1-7,10,14-15,20,24-25,28,37,40-41H,8-9,11-13,29H2,(H,30,38)(H,34,39)(H,31,32,35);11H,5-7H2,1-4H3/t20-,24-,25-,28-;/m1./s1. The van der Waals surface area contributed by atoms with E-state index in [9.17, 15) is 30.1 Å². The molecule has 0 bridgehead atoms. The molecule has 0 spiro atoms. The molecule has 4 atom stereocenters. The van der Waals surface area contributed by atoms with Crippen molar-refractivity contribution in [1.29, 1.82) is 0 Å². The Bertz CT molecular complexity index is 1830. The normalized spacial score (nSPS) is 22.1. The maximum atomic E-state index is 12.7. The molecule has 2 aliphatic heterocycles. The van der Waals surface area contributed by atoms with E-state index in [1.54, 1.807) is 30.3 Å². The van der Waals surface area contributed by atoms with Gasteiger partial charge in [-0.1, -0.05) is 24.3 Å². The highest BCUT2D eigenvalue weighted by Gasteiger charge is 2.44. The second-order valence-corrected chi connectivity index (χ2v) is 14.6. The number of ether oxygens (including phenoxy) is 1. The predicted octanol–water partition coefficient (Wildman–Crippen LogP) is 2.40. The number of nitrogens with one attached hydrogen (secondary N) is 3. The first kappa shape index (κ1) is 39.7. The Hall–Kier alpha value is -4.55. The molecule has 2 aromatic heterocycles. The van der Waals surface area contributed by atoms with Crippen LogP contribution in [-0.4, -0.2) is 106 Å². The third-order valence-corrected chi connectivity index (χ3v) is 9.50. The number of rotatable bonds is 11. The van der Waals surface area contributed by atoms with E-state index in [0.29, 0.717) is 41.4 Å². The fourth-order valence-corrected chi connectivity index (χ4v) is 6.68. The van der Waals surface area contributed by atoms with E-state index < -0.39 is 31.1 Å². The van der Waals surface area contributed by atoms with Crippen LogP contribution < -0.4 is 21.7 Å². The summed E-state index contributed by atoms with van der Waals surface area (Å²) in [5.74, 6) is 0.0762. The second-order valence-electron chi connectivity index (χ2n) is 14.6. The predicted molar refractivity (Wildman–Crippen MR) is 198 cm³/mol. The molecule has 4 aromatic rings. The van der Waals surface area contributed by atoms with Gasteiger partial charge in [-0.25, -0.2) is 15.0 Å². The van der Waals surface area contributed by atoms with Crippen molar-refractivity contribution in [3.8, 4) is 0 Å². The van der Waals surface area contributed by atoms with Gasteiger partial charge in [-0.2, -0.15) is 5.06 Å². The number of hydroxylamine groups is 2. The Morgan fingerprint density at radius 1 is 0.925 bits per heavy atom. The maximum Gasteiger partial charge on any atom is 0.228 e. The zero-order valence-corrected chi connectivity index (χ0v) is 30.6. The number of piperidine rings is 1. The molecule has 2 saturated heterocycles. The Labute approximate surface area is 308 Å². The van der Waals surface area contributed by atoms with Crippen molar-refractivity contribution in [3.63, 3.8) is 0 Å². The van der Waals surface area contributed by atoms with Crippen LogP contribution in [0.4, 0.5) is 17.2 Å². The maximum absolute atomic E-state index is 12.7. The summed E-state index contributed by atoms with van der Waals surface area (Å²) in [7, 11) is 0. The molecule has 16 heteroatoms. The number of aliphatic hydroxyl groups excluding tert-OH is 3. The first-order valence-corrected chi connectivity index (χ1v) is 17.7. The van der Waals surface area contributed by atoms with Crippen LogP contribution >= 0.6 is 0 Å². The van der Waals surface area contributed by atoms with Crippen molar-refractivity contribution >= 4 is 40.2 Å². The van der Waals surface area contributed by atoms with E-state index >= 15 is 0 Å². The van der Waals surface area contributed by atoms with Crippen LogP contribution in [0, 0.1) is 0 Å². The van der Waals surface area contributed by atoms with Crippen molar-refractivity contribution < 1.29 is 34.9 Å². The lowest BCUT2D eigenvalue weighted by Crippen LogP contribution is -2.56. The zero-order valence-electron chi connectivity index (χ0n) is 30.6. The molecule has 53 heavy (non-hydrogen) atoms. The van der Waals surface area contributed by atoms with E-state index in [0.717, 1.165) is 24.0 Å². The average Bonchev–Trinajstić information content (AvgIpc) is 3.67. The summed E-state index contributed by atoms with van der Waals surface area (Å²) in [6.07, 6.45) is 2.09. The number of nitrogens with zero attached hydrogens (tertiary/aromatic N) is 5. The van der Waals surface area contributed by atoms with E-state index in [1.165, 1.54) is 28.7 Å². The summed E-state index contributed by atoms with van der Waals surface area (Å²) in [6, 6.07) is 14.4. The Morgan fingerprint density at radius 2 is 1.62 bits per heavy atom. The highest BCUT2D eigenvalue weighted by molar-refractivity contribution is 5.92. The molecule has 2 aromatic carbocycles. The summed E-state index contributed by atoms with van der Waals surface area (Å²) < 4.78 is 7.09. The van der Waals surface area contributed by atoms with Crippen LogP contribution in [-0.2, 0) is 27.2 Å². The third kappa shape index (κ3) is 9.71. The molecule has 286 valence electrons. The van der Waals surface area contributed by atoms with E-state index in [1.807, 2.05) is 18.2 Å². The van der Waals surface area contributed by atoms with E-state index in [2.05, 4.69) is 58.6 Å². The Balaban J connectivity index is 0.000000422. The number of fused-ring (bicyclic) bond motifs is 1. The van der Waals surface area contributed by atoms with Crippen LogP contribution in [0.15, 0.2) is 61.2 Å². The number of anilines is 3. The number of aliphatic hydroxyl groups is 3. The topological polar surface area (TPSA) is 233 Å². The third-order valence-electron chi connectivity index (χ3n) is 9.50. The molecule has 9 N–H and O–H groups in total. The SMILES string of the molecule is CC1(C)CCCC(C)(C)N1O.NCCNC(=O)Cc1cccc(NC(=O)Cc2ccc(Nc3ncnc4c3ncn4[C@@H]3O[C@H](CO)[C@@H](O)[C@H]3O)cc2)c1. The highest BCUT2D eigenvalue weighted by atomic mass is 16.6. The van der Waals surface area contributed by atoms with Crippen LogP contribution in [0.25, 0.3) is 11.2 Å². The van der Waals surface area contributed by atoms with Gasteiger partial charge in [0.1, 0.15) is 24.6 Å². The van der Waals surface area contributed by atoms with Gasteiger partial charge in [-0.3, -0.25) is 14.2 Å². The fourth-order valence-electron chi connectivity index (χ4n) is 6.68. The number of imidazole rings is 1. The summed E-state index contributed by atoms with van der Waals surface area (Å²) in [4.78, 5) is 37.5. The quantitative estimate of drug-likeness (QED) is 0.111. The van der Waals surface area contributed by atoms with Gasteiger partial charge in [0.05, 0.1) is 25.8 Å². The van der Waals surface area contributed by atoms with Crippen LogP contribution in [0.1, 0.15) is 64.3 Å². The molecule has 6 rings (SSSR count). The largest absolute Gasteiger partial charge is 0.394 e.